The summed E-state index contributed by atoms with van der Waals surface area (Å²) in [6, 6.07) is 7.66. The number of nitrogens with one attached hydrogen (secondary N) is 2. The fourth-order valence-electron chi connectivity index (χ4n) is 3.51. The Balaban J connectivity index is 1.38. The van der Waals surface area contributed by atoms with E-state index in [-0.39, 0.29) is 5.91 Å². The predicted octanol–water partition coefficient (Wildman–Crippen LogP) is 4.44. The summed E-state index contributed by atoms with van der Waals surface area (Å²) in [6.07, 6.45) is -2.23. The number of anilines is 2. The molecule has 162 valence electrons. The number of nitrogens with zero attached hydrogens (tertiary/aromatic N) is 1. The minimum atomic E-state index is -4.73. The second-order valence-corrected chi connectivity index (χ2v) is 7.17. The van der Waals surface area contributed by atoms with Crippen molar-refractivity contribution >= 4 is 28.4 Å². The quantitative estimate of drug-likeness (QED) is 0.471. The van der Waals surface area contributed by atoms with Crippen molar-refractivity contribution < 1.29 is 26.8 Å². The molecular weight excluding hydrogens is 418 g/mol. The molecular formula is C21H17F4N3O3. The highest BCUT2D eigenvalue weighted by Crippen LogP contribution is 2.34. The standard InChI is InChI=1S/C21H17F4N3O3/c22-16-11-14(2-3-15(16)21(23,24)25)28-7-5-12(6-8-28)9-19(29)26-13-1-4-17-18(10-13)31-20(30)27-17/h1-4,9-11H,5-8H2,(H,26,29)(H,27,30). The van der Waals surface area contributed by atoms with Crippen LogP contribution in [0, 0.1) is 5.82 Å². The second-order valence-electron chi connectivity index (χ2n) is 7.17. The Morgan fingerprint density at radius 2 is 1.87 bits per heavy atom. The molecule has 2 heterocycles. The molecule has 2 aromatic carbocycles. The number of H-pyrrole nitrogens is 1. The zero-order valence-electron chi connectivity index (χ0n) is 16.1. The lowest BCUT2D eigenvalue weighted by Gasteiger charge is -2.30. The van der Waals surface area contributed by atoms with Gasteiger partial charge in [-0.1, -0.05) is 5.57 Å². The van der Waals surface area contributed by atoms with Gasteiger partial charge in [-0.15, -0.1) is 0 Å². The number of rotatable bonds is 3. The molecule has 1 aliphatic heterocycles. The molecule has 10 heteroatoms. The lowest BCUT2D eigenvalue weighted by molar-refractivity contribution is -0.140. The van der Waals surface area contributed by atoms with E-state index in [4.69, 9.17) is 4.42 Å². The molecule has 0 spiro atoms. The average Bonchev–Trinajstić information content (AvgIpc) is 3.06. The fraction of sp³-hybridized carbons (Fsp3) is 0.238. The molecule has 0 radical (unpaired) electrons. The van der Waals surface area contributed by atoms with Gasteiger partial charge in [0.15, 0.2) is 5.58 Å². The van der Waals surface area contributed by atoms with E-state index in [0.29, 0.717) is 48.4 Å². The third-order valence-corrected chi connectivity index (χ3v) is 5.05. The van der Waals surface area contributed by atoms with Crippen LogP contribution in [0.5, 0.6) is 0 Å². The lowest BCUT2D eigenvalue weighted by Crippen LogP contribution is -2.31. The van der Waals surface area contributed by atoms with E-state index in [9.17, 15) is 27.2 Å². The highest BCUT2D eigenvalue weighted by Gasteiger charge is 2.34. The molecule has 31 heavy (non-hydrogen) atoms. The Hall–Kier alpha value is -3.56. The molecule has 0 saturated carbocycles. The number of aromatic amines is 1. The van der Waals surface area contributed by atoms with Crippen LogP contribution in [0.2, 0.25) is 0 Å². The number of halogens is 4. The highest BCUT2D eigenvalue weighted by atomic mass is 19.4. The number of fused-ring (bicyclic) bond motifs is 1. The number of piperidine rings is 1. The zero-order valence-corrected chi connectivity index (χ0v) is 16.1. The van der Waals surface area contributed by atoms with Gasteiger partial charge in [0.2, 0.25) is 5.91 Å². The van der Waals surface area contributed by atoms with E-state index in [2.05, 4.69) is 10.3 Å². The number of aromatic nitrogens is 1. The van der Waals surface area contributed by atoms with Crippen molar-refractivity contribution in [2.75, 3.05) is 23.3 Å². The van der Waals surface area contributed by atoms with Crippen LogP contribution in [0.25, 0.3) is 11.1 Å². The first-order valence-electron chi connectivity index (χ1n) is 9.44. The number of amides is 1. The van der Waals surface area contributed by atoms with Crippen molar-refractivity contribution in [2.45, 2.75) is 19.0 Å². The topological polar surface area (TPSA) is 78.3 Å². The fourth-order valence-corrected chi connectivity index (χ4v) is 3.51. The van der Waals surface area contributed by atoms with E-state index >= 15 is 0 Å². The first-order chi connectivity index (χ1) is 14.7. The number of hydrogen-bond donors (Lipinski definition) is 2. The molecule has 1 aliphatic rings. The Morgan fingerprint density at radius 1 is 1.13 bits per heavy atom. The lowest BCUT2D eigenvalue weighted by atomic mass is 10.0. The van der Waals surface area contributed by atoms with Crippen LogP contribution in [-0.2, 0) is 11.0 Å². The molecule has 1 amide bonds. The van der Waals surface area contributed by atoms with E-state index < -0.39 is 23.3 Å². The van der Waals surface area contributed by atoms with Crippen LogP contribution in [0.4, 0.5) is 28.9 Å². The maximum absolute atomic E-state index is 13.8. The predicted molar refractivity (Wildman–Crippen MR) is 106 cm³/mol. The molecule has 3 aromatic rings. The smallest absolute Gasteiger partial charge is 0.408 e. The summed E-state index contributed by atoms with van der Waals surface area (Å²) in [5.74, 6) is -2.23. The maximum Gasteiger partial charge on any atom is 0.419 e. The molecule has 0 aliphatic carbocycles. The van der Waals surface area contributed by atoms with Crippen molar-refractivity contribution in [3.8, 4) is 0 Å². The van der Waals surface area contributed by atoms with Gasteiger partial charge in [-0.2, -0.15) is 13.2 Å². The molecule has 6 nitrogen and oxygen atoms in total. The van der Waals surface area contributed by atoms with Gasteiger partial charge in [-0.05, 0) is 43.2 Å². The number of alkyl halides is 3. The van der Waals surface area contributed by atoms with Crippen LogP contribution in [0.1, 0.15) is 18.4 Å². The summed E-state index contributed by atoms with van der Waals surface area (Å²) in [4.78, 5) is 27.8. The maximum atomic E-state index is 13.8. The van der Waals surface area contributed by atoms with Crippen molar-refractivity contribution in [2.24, 2.45) is 0 Å². The average molecular weight is 435 g/mol. The molecule has 2 N–H and O–H groups in total. The monoisotopic (exact) mass is 435 g/mol. The number of hydrogen-bond acceptors (Lipinski definition) is 4. The molecule has 1 saturated heterocycles. The van der Waals surface area contributed by atoms with Gasteiger partial charge in [0.25, 0.3) is 0 Å². The van der Waals surface area contributed by atoms with Crippen molar-refractivity contribution in [3.63, 3.8) is 0 Å². The Labute approximate surface area is 173 Å². The summed E-state index contributed by atoms with van der Waals surface area (Å²) < 4.78 is 56.9. The van der Waals surface area contributed by atoms with E-state index in [0.717, 1.165) is 17.7 Å². The SMILES string of the molecule is O=C(C=C1CCN(c2ccc(C(F)(F)F)c(F)c2)CC1)Nc1ccc2[nH]c(=O)oc2c1. The Bertz CT molecular complexity index is 1220. The molecule has 1 aromatic heterocycles. The van der Waals surface area contributed by atoms with Crippen LogP contribution < -0.4 is 16.0 Å². The number of oxazole rings is 1. The van der Waals surface area contributed by atoms with Crippen molar-refractivity contribution in [1.29, 1.82) is 0 Å². The third kappa shape index (κ3) is 4.62. The summed E-state index contributed by atoms with van der Waals surface area (Å²) in [6.45, 7) is 0.898. The number of carbonyl (C=O) groups excluding carboxylic acids is 1. The normalized spacial score (nSPS) is 14.7. The minimum Gasteiger partial charge on any atom is -0.408 e. The number of benzene rings is 2. The van der Waals surface area contributed by atoms with Gasteiger partial charge in [0.05, 0.1) is 11.1 Å². The summed E-state index contributed by atoms with van der Waals surface area (Å²) in [7, 11) is 0. The Kier molecular flexibility index (Phi) is 5.30. The molecule has 4 rings (SSSR count). The van der Waals surface area contributed by atoms with Crippen molar-refractivity contribution in [1.82, 2.24) is 4.98 Å². The largest absolute Gasteiger partial charge is 0.419 e. The van der Waals surface area contributed by atoms with E-state index in [1.807, 2.05) is 0 Å². The van der Waals surface area contributed by atoms with Gasteiger partial charge in [-0.25, -0.2) is 9.18 Å². The summed E-state index contributed by atoms with van der Waals surface area (Å²) in [5.41, 5.74) is 1.27. The van der Waals surface area contributed by atoms with Crippen LogP contribution in [-0.4, -0.2) is 24.0 Å². The summed E-state index contributed by atoms with van der Waals surface area (Å²) in [5, 5.41) is 2.70. The van der Waals surface area contributed by atoms with E-state index in [1.165, 1.54) is 18.2 Å². The molecule has 0 unspecified atom stereocenters. The van der Waals surface area contributed by atoms with Gasteiger partial charge in [-0.3, -0.25) is 9.78 Å². The second kappa shape index (κ2) is 7.93. The van der Waals surface area contributed by atoms with Gasteiger partial charge in [0, 0.05) is 36.6 Å². The molecule has 0 atom stereocenters. The van der Waals surface area contributed by atoms with Crippen LogP contribution in [0.15, 0.2) is 57.3 Å². The van der Waals surface area contributed by atoms with Crippen LogP contribution >= 0.6 is 0 Å². The number of carbonyl (C=O) groups is 1. The van der Waals surface area contributed by atoms with Gasteiger partial charge < -0.3 is 14.6 Å². The zero-order chi connectivity index (χ0) is 22.2. The van der Waals surface area contributed by atoms with Crippen molar-refractivity contribution in [3.05, 3.63) is 70.0 Å². The first kappa shape index (κ1) is 20.7. The van der Waals surface area contributed by atoms with E-state index in [1.54, 1.807) is 17.0 Å². The molecule has 0 bridgehead atoms. The van der Waals surface area contributed by atoms with Gasteiger partial charge >= 0.3 is 11.9 Å². The van der Waals surface area contributed by atoms with Gasteiger partial charge in [0.1, 0.15) is 5.82 Å². The Morgan fingerprint density at radius 3 is 2.55 bits per heavy atom. The van der Waals surface area contributed by atoms with Crippen LogP contribution in [0.3, 0.4) is 0 Å². The first-order valence-corrected chi connectivity index (χ1v) is 9.44. The summed E-state index contributed by atoms with van der Waals surface area (Å²) >= 11 is 0. The highest BCUT2D eigenvalue weighted by molar-refractivity contribution is 6.00. The molecule has 1 fully saturated rings. The minimum absolute atomic E-state index is 0.326. The third-order valence-electron chi connectivity index (χ3n) is 5.05.